The second-order valence-electron chi connectivity index (χ2n) is 10.2. The molecule has 1 rings (SSSR count). The van der Waals surface area contributed by atoms with Crippen molar-refractivity contribution in [3.63, 3.8) is 0 Å². The van der Waals surface area contributed by atoms with Gasteiger partial charge in [0.05, 0.1) is 0 Å². The Kier molecular flexibility index (Phi) is 10.7. The summed E-state index contributed by atoms with van der Waals surface area (Å²) in [4.78, 5) is 0. The first-order valence-corrected chi connectivity index (χ1v) is 11.9. The van der Waals surface area contributed by atoms with Gasteiger partial charge in [-0.25, -0.2) is 0 Å². The molecule has 3 unspecified atom stereocenters. The van der Waals surface area contributed by atoms with Crippen molar-refractivity contribution in [3.05, 3.63) is 0 Å². The molecule has 0 aromatic rings. The lowest BCUT2D eigenvalue weighted by Crippen LogP contribution is -2.36. The maximum Gasteiger partial charge on any atom is -0.0267 e. The second-order valence-corrected chi connectivity index (χ2v) is 10.2. The average molecular weight is 351 g/mol. The molecule has 1 aliphatic rings. The van der Waals surface area contributed by atoms with Crippen LogP contribution in [-0.4, -0.2) is 0 Å². The molecule has 0 radical (unpaired) electrons. The molecule has 0 heterocycles. The molecule has 3 atom stereocenters. The molecular formula is C25H50. The van der Waals surface area contributed by atoms with Crippen molar-refractivity contribution >= 4 is 0 Å². The van der Waals surface area contributed by atoms with E-state index in [1.54, 1.807) is 0 Å². The van der Waals surface area contributed by atoms with E-state index in [1.165, 1.54) is 96.3 Å². The SMILES string of the molecule is CCCCC(C(C)CCC)C1(CCC)CCCCCCC(C)(C)CC1. The second kappa shape index (κ2) is 11.7. The maximum atomic E-state index is 2.59. The van der Waals surface area contributed by atoms with Crippen molar-refractivity contribution in [2.45, 2.75) is 138 Å². The average Bonchev–Trinajstić information content (AvgIpc) is 2.56. The normalized spacial score (nSPS) is 27.6. The van der Waals surface area contributed by atoms with Gasteiger partial charge in [-0.2, -0.15) is 0 Å². The lowest BCUT2D eigenvalue weighted by atomic mass is 9.58. The smallest absolute Gasteiger partial charge is 0.0267 e. The Labute approximate surface area is 160 Å². The molecule has 1 saturated carbocycles. The lowest BCUT2D eigenvalue weighted by Gasteiger charge is -2.47. The van der Waals surface area contributed by atoms with Gasteiger partial charge in [0.15, 0.2) is 0 Å². The predicted octanol–water partition coefficient (Wildman–Crippen LogP) is 9.18. The zero-order valence-corrected chi connectivity index (χ0v) is 18.8. The Hall–Kier alpha value is 0. The van der Waals surface area contributed by atoms with Gasteiger partial charge in [0.1, 0.15) is 0 Å². The first kappa shape index (κ1) is 23.0. The van der Waals surface area contributed by atoms with Crippen LogP contribution in [0.3, 0.4) is 0 Å². The van der Waals surface area contributed by atoms with E-state index in [4.69, 9.17) is 0 Å². The summed E-state index contributed by atoms with van der Waals surface area (Å²) < 4.78 is 0. The van der Waals surface area contributed by atoms with E-state index in [9.17, 15) is 0 Å². The zero-order valence-electron chi connectivity index (χ0n) is 18.8. The molecule has 1 fully saturated rings. The van der Waals surface area contributed by atoms with Crippen LogP contribution in [0.25, 0.3) is 0 Å². The molecule has 25 heavy (non-hydrogen) atoms. The number of unbranched alkanes of at least 4 members (excludes halogenated alkanes) is 1. The lowest BCUT2D eigenvalue weighted by molar-refractivity contribution is 0.0370. The highest BCUT2D eigenvalue weighted by molar-refractivity contribution is 4.91. The summed E-state index contributed by atoms with van der Waals surface area (Å²) in [7, 11) is 0. The molecule has 1 aliphatic carbocycles. The Balaban J connectivity index is 3.08. The van der Waals surface area contributed by atoms with E-state index in [2.05, 4.69) is 41.5 Å². The first-order chi connectivity index (χ1) is 11.9. The van der Waals surface area contributed by atoms with Gasteiger partial charge in [-0.3, -0.25) is 0 Å². The summed E-state index contributed by atoms with van der Waals surface area (Å²) in [6.07, 6.45) is 21.7. The van der Waals surface area contributed by atoms with Gasteiger partial charge in [-0.1, -0.05) is 99.3 Å². The highest BCUT2D eigenvalue weighted by Crippen LogP contribution is 2.51. The highest BCUT2D eigenvalue weighted by Gasteiger charge is 2.40. The van der Waals surface area contributed by atoms with E-state index in [0.717, 1.165) is 11.8 Å². The van der Waals surface area contributed by atoms with E-state index >= 15 is 0 Å². The van der Waals surface area contributed by atoms with Crippen LogP contribution < -0.4 is 0 Å². The summed E-state index contributed by atoms with van der Waals surface area (Å²) in [6.45, 7) is 14.9. The molecule has 0 aliphatic heterocycles. The van der Waals surface area contributed by atoms with E-state index in [1.807, 2.05) is 0 Å². The fourth-order valence-corrected chi connectivity index (χ4v) is 5.85. The van der Waals surface area contributed by atoms with Crippen molar-refractivity contribution in [2.75, 3.05) is 0 Å². The van der Waals surface area contributed by atoms with Gasteiger partial charge in [-0.15, -0.1) is 0 Å². The van der Waals surface area contributed by atoms with E-state index in [0.29, 0.717) is 10.8 Å². The van der Waals surface area contributed by atoms with E-state index < -0.39 is 0 Å². The summed E-state index contributed by atoms with van der Waals surface area (Å²) in [5.74, 6) is 1.87. The van der Waals surface area contributed by atoms with Crippen molar-refractivity contribution in [3.8, 4) is 0 Å². The summed E-state index contributed by atoms with van der Waals surface area (Å²) in [5, 5.41) is 0. The molecule has 0 spiro atoms. The third-order valence-corrected chi connectivity index (χ3v) is 7.41. The number of hydrogen-bond donors (Lipinski definition) is 0. The summed E-state index contributed by atoms with van der Waals surface area (Å²) in [5.41, 5.74) is 1.19. The topological polar surface area (TPSA) is 0 Å². The van der Waals surface area contributed by atoms with Gasteiger partial charge in [-0.05, 0) is 61.2 Å². The molecular weight excluding hydrogens is 300 g/mol. The van der Waals surface area contributed by atoms with Crippen LogP contribution in [-0.2, 0) is 0 Å². The monoisotopic (exact) mass is 350 g/mol. The summed E-state index contributed by atoms with van der Waals surface area (Å²) >= 11 is 0. The van der Waals surface area contributed by atoms with Gasteiger partial charge >= 0.3 is 0 Å². The Bertz CT molecular complexity index is 329. The molecule has 0 bridgehead atoms. The van der Waals surface area contributed by atoms with Crippen LogP contribution in [0, 0.1) is 22.7 Å². The van der Waals surface area contributed by atoms with Crippen LogP contribution >= 0.6 is 0 Å². The van der Waals surface area contributed by atoms with Crippen LogP contribution in [0.1, 0.15) is 138 Å². The largest absolute Gasteiger partial charge is 0.0654 e. The molecule has 0 nitrogen and oxygen atoms in total. The highest BCUT2D eigenvalue weighted by atomic mass is 14.5. The van der Waals surface area contributed by atoms with Gasteiger partial charge in [0, 0.05) is 0 Å². The molecule has 0 aromatic carbocycles. The molecule has 0 amide bonds. The van der Waals surface area contributed by atoms with E-state index in [-0.39, 0.29) is 0 Å². The molecule has 0 saturated heterocycles. The van der Waals surface area contributed by atoms with Gasteiger partial charge in [0.2, 0.25) is 0 Å². The van der Waals surface area contributed by atoms with Gasteiger partial charge < -0.3 is 0 Å². The van der Waals surface area contributed by atoms with Gasteiger partial charge in [0.25, 0.3) is 0 Å². The minimum Gasteiger partial charge on any atom is -0.0654 e. The standard InChI is InChI=1S/C25H50/c1-7-10-16-23(22(4)15-8-2)25(17-9-3)19-14-12-11-13-18-24(5,6)20-21-25/h22-23H,7-21H2,1-6H3. The van der Waals surface area contributed by atoms with Crippen molar-refractivity contribution in [1.82, 2.24) is 0 Å². The third-order valence-electron chi connectivity index (χ3n) is 7.41. The molecule has 0 heteroatoms. The van der Waals surface area contributed by atoms with Crippen LogP contribution in [0.15, 0.2) is 0 Å². The molecule has 150 valence electrons. The fraction of sp³-hybridized carbons (Fsp3) is 1.00. The Morgan fingerprint density at radius 3 is 2.00 bits per heavy atom. The van der Waals surface area contributed by atoms with Crippen LogP contribution in [0.2, 0.25) is 0 Å². The van der Waals surface area contributed by atoms with Crippen molar-refractivity contribution < 1.29 is 0 Å². The Morgan fingerprint density at radius 2 is 1.40 bits per heavy atom. The number of hydrogen-bond acceptors (Lipinski definition) is 0. The van der Waals surface area contributed by atoms with Crippen LogP contribution in [0.5, 0.6) is 0 Å². The molecule has 0 N–H and O–H groups in total. The van der Waals surface area contributed by atoms with Crippen LogP contribution in [0.4, 0.5) is 0 Å². The number of rotatable bonds is 9. The predicted molar refractivity (Wildman–Crippen MR) is 115 cm³/mol. The quantitative estimate of drug-likeness (QED) is 0.388. The third kappa shape index (κ3) is 7.64. The Morgan fingerprint density at radius 1 is 0.720 bits per heavy atom. The molecule has 0 aromatic heterocycles. The van der Waals surface area contributed by atoms with Crippen molar-refractivity contribution in [1.29, 1.82) is 0 Å². The fourth-order valence-electron chi connectivity index (χ4n) is 5.85. The first-order valence-electron chi connectivity index (χ1n) is 11.9. The minimum atomic E-state index is 0.555. The van der Waals surface area contributed by atoms with Crippen molar-refractivity contribution in [2.24, 2.45) is 22.7 Å². The summed E-state index contributed by atoms with van der Waals surface area (Å²) in [6, 6.07) is 0. The zero-order chi connectivity index (χ0) is 18.8. The maximum absolute atomic E-state index is 2.59. The minimum absolute atomic E-state index is 0.555.